The molecule has 0 aromatic rings. The zero-order valence-electron chi connectivity index (χ0n) is 14.8. The standard InChI is InChI=1S/C15H23N5O7/c1-9(19-11(22)5-16-8-21)14(26)17-6-12(23)20-4-2-3-10(20)15(27)18-7-13(24)25/h8-10H,2-7H2,1H3,(H,16,21)(H,17,26)(H,18,27)(H,19,22)(H,24,25). The molecule has 0 saturated carbocycles. The lowest BCUT2D eigenvalue weighted by Crippen LogP contribution is -2.52. The predicted octanol–water partition coefficient (Wildman–Crippen LogP) is -3.45. The first-order valence-corrected chi connectivity index (χ1v) is 8.29. The Morgan fingerprint density at radius 3 is 2.48 bits per heavy atom. The largest absolute Gasteiger partial charge is 0.480 e. The maximum atomic E-state index is 12.3. The van der Waals surface area contributed by atoms with Gasteiger partial charge in [-0.1, -0.05) is 0 Å². The Morgan fingerprint density at radius 1 is 1.15 bits per heavy atom. The van der Waals surface area contributed by atoms with Gasteiger partial charge in [0.1, 0.15) is 18.6 Å². The molecular formula is C15H23N5O7. The Balaban J connectivity index is 2.46. The fourth-order valence-corrected chi connectivity index (χ4v) is 2.53. The summed E-state index contributed by atoms with van der Waals surface area (Å²) in [5, 5.41) is 17.7. The summed E-state index contributed by atoms with van der Waals surface area (Å²) in [6, 6.07) is -1.70. The van der Waals surface area contributed by atoms with Crippen LogP contribution in [-0.4, -0.2) is 84.3 Å². The third kappa shape index (κ3) is 7.30. The average Bonchev–Trinajstić information content (AvgIpc) is 3.11. The third-order valence-electron chi connectivity index (χ3n) is 3.82. The number of aliphatic carboxylic acids is 1. The van der Waals surface area contributed by atoms with Crippen LogP contribution >= 0.6 is 0 Å². The number of rotatable bonds is 10. The zero-order valence-corrected chi connectivity index (χ0v) is 14.8. The number of likely N-dealkylation sites (tertiary alicyclic amines) is 1. The van der Waals surface area contributed by atoms with Crippen molar-refractivity contribution in [1.82, 2.24) is 26.2 Å². The van der Waals surface area contributed by atoms with E-state index in [1.807, 2.05) is 0 Å². The van der Waals surface area contributed by atoms with Gasteiger partial charge in [0.15, 0.2) is 0 Å². The van der Waals surface area contributed by atoms with Gasteiger partial charge >= 0.3 is 5.97 Å². The highest BCUT2D eigenvalue weighted by molar-refractivity contribution is 5.93. The van der Waals surface area contributed by atoms with Crippen molar-refractivity contribution in [3.8, 4) is 0 Å². The summed E-state index contributed by atoms with van der Waals surface area (Å²) in [6.07, 6.45) is 1.34. The van der Waals surface area contributed by atoms with Gasteiger partial charge in [0.25, 0.3) is 0 Å². The number of hydrogen-bond acceptors (Lipinski definition) is 6. The highest BCUT2D eigenvalue weighted by atomic mass is 16.4. The summed E-state index contributed by atoms with van der Waals surface area (Å²) in [5.41, 5.74) is 0. The van der Waals surface area contributed by atoms with E-state index in [0.717, 1.165) is 0 Å². The molecule has 12 nitrogen and oxygen atoms in total. The van der Waals surface area contributed by atoms with Crippen LogP contribution in [0.5, 0.6) is 0 Å². The molecule has 0 aromatic carbocycles. The third-order valence-corrected chi connectivity index (χ3v) is 3.82. The van der Waals surface area contributed by atoms with Gasteiger partial charge in [0.2, 0.25) is 30.0 Å². The lowest BCUT2D eigenvalue weighted by atomic mass is 10.2. The molecule has 1 aliphatic rings. The minimum atomic E-state index is -1.19. The molecule has 1 heterocycles. The molecule has 0 aromatic heterocycles. The zero-order chi connectivity index (χ0) is 20.4. The number of carboxylic acid groups (broad SMARTS) is 1. The fourth-order valence-electron chi connectivity index (χ4n) is 2.53. The van der Waals surface area contributed by atoms with Gasteiger partial charge in [-0.15, -0.1) is 0 Å². The maximum absolute atomic E-state index is 12.3. The SMILES string of the molecule is CC(NC(=O)CNC=O)C(=O)NCC(=O)N1CCCC1C(=O)NCC(=O)O. The molecule has 27 heavy (non-hydrogen) atoms. The van der Waals surface area contributed by atoms with Crippen LogP contribution in [0.15, 0.2) is 0 Å². The molecule has 1 aliphatic heterocycles. The minimum Gasteiger partial charge on any atom is -0.480 e. The number of carbonyl (C=O) groups excluding carboxylic acids is 5. The topological polar surface area (TPSA) is 174 Å². The lowest BCUT2D eigenvalue weighted by molar-refractivity contribution is -0.141. The van der Waals surface area contributed by atoms with E-state index < -0.39 is 48.2 Å². The maximum Gasteiger partial charge on any atom is 0.322 e. The predicted molar refractivity (Wildman–Crippen MR) is 90.1 cm³/mol. The van der Waals surface area contributed by atoms with Gasteiger partial charge in [-0.3, -0.25) is 28.8 Å². The van der Waals surface area contributed by atoms with Crippen LogP contribution < -0.4 is 21.3 Å². The van der Waals surface area contributed by atoms with Crippen molar-refractivity contribution in [2.24, 2.45) is 0 Å². The highest BCUT2D eigenvalue weighted by Crippen LogP contribution is 2.17. The van der Waals surface area contributed by atoms with Crippen molar-refractivity contribution in [3.63, 3.8) is 0 Å². The summed E-state index contributed by atoms with van der Waals surface area (Å²) in [6.45, 7) is 0.555. The summed E-state index contributed by atoms with van der Waals surface area (Å²) in [4.78, 5) is 69.5. The molecular weight excluding hydrogens is 362 g/mol. The summed E-state index contributed by atoms with van der Waals surface area (Å²) in [5.74, 6) is -3.40. The van der Waals surface area contributed by atoms with Crippen LogP contribution in [0.1, 0.15) is 19.8 Å². The molecule has 150 valence electrons. The Hall–Kier alpha value is -3.18. The molecule has 2 unspecified atom stereocenters. The molecule has 2 atom stereocenters. The molecule has 1 fully saturated rings. The van der Waals surface area contributed by atoms with Gasteiger partial charge in [0, 0.05) is 6.54 Å². The molecule has 0 aliphatic carbocycles. The molecule has 5 N–H and O–H groups in total. The van der Waals surface area contributed by atoms with Crippen molar-refractivity contribution >= 4 is 36.0 Å². The number of hydrogen-bond donors (Lipinski definition) is 5. The van der Waals surface area contributed by atoms with Crippen LogP contribution in [0, 0.1) is 0 Å². The first-order valence-electron chi connectivity index (χ1n) is 8.29. The van der Waals surface area contributed by atoms with Gasteiger partial charge in [0.05, 0.1) is 13.1 Å². The van der Waals surface area contributed by atoms with Crippen LogP contribution in [0.25, 0.3) is 0 Å². The van der Waals surface area contributed by atoms with E-state index in [9.17, 15) is 28.8 Å². The molecule has 0 spiro atoms. The number of amides is 5. The van der Waals surface area contributed by atoms with Crippen molar-refractivity contribution in [2.75, 3.05) is 26.2 Å². The van der Waals surface area contributed by atoms with Gasteiger partial charge in [-0.05, 0) is 19.8 Å². The molecule has 0 bridgehead atoms. The van der Waals surface area contributed by atoms with Crippen LogP contribution in [0.2, 0.25) is 0 Å². The smallest absolute Gasteiger partial charge is 0.322 e. The molecule has 12 heteroatoms. The van der Waals surface area contributed by atoms with E-state index in [0.29, 0.717) is 25.8 Å². The summed E-state index contributed by atoms with van der Waals surface area (Å²) >= 11 is 0. The number of nitrogens with one attached hydrogen (secondary N) is 4. The molecule has 1 saturated heterocycles. The second-order valence-electron chi connectivity index (χ2n) is 5.86. The van der Waals surface area contributed by atoms with Crippen molar-refractivity contribution in [1.29, 1.82) is 0 Å². The van der Waals surface area contributed by atoms with E-state index in [1.54, 1.807) is 0 Å². The Bertz CT molecular complexity index is 609. The molecule has 1 rings (SSSR count). The second-order valence-corrected chi connectivity index (χ2v) is 5.86. The van der Waals surface area contributed by atoms with Crippen molar-refractivity contribution in [3.05, 3.63) is 0 Å². The Labute approximate surface area is 155 Å². The normalized spacial score (nSPS) is 16.8. The quantitative estimate of drug-likeness (QED) is 0.243. The molecule has 0 radical (unpaired) electrons. The fraction of sp³-hybridized carbons (Fsp3) is 0.600. The van der Waals surface area contributed by atoms with Crippen LogP contribution in [0.3, 0.4) is 0 Å². The van der Waals surface area contributed by atoms with Gasteiger partial charge in [-0.2, -0.15) is 0 Å². The minimum absolute atomic E-state index is 0.277. The highest BCUT2D eigenvalue weighted by Gasteiger charge is 2.34. The first-order chi connectivity index (χ1) is 12.8. The van der Waals surface area contributed by atoms with Crippen molar-refractivity contribution in [2.45, 2.75) is 31.8 Å². The number of carboxylic acids is 1. The van der Waals surface area contributed by atoms with Crippen LogP contribution in [0.4, 0.5) is 0 Å². The van der Waals surface area contributed by atoms with E-state index in [4.69, 9.17) is 5.11 Å². The van der Waals surface area contributed by atoms with E-state index in [-0.39, 0.29) is 13.1 Å². The summed E-state index contributed by atoms with van der Waals surface area (Å²) in [7, 11) is 0. The van der Waals surface area contributed by atoms with Gasteiger partial charge < -0.3 is 31.3 Å². The second kappa shape index (κ2) is 10.7. The first kappa shape index (κ1) is 21.9. The average molecular weight is 385 g/mol. The van der Waals surface area contributed by atoms with Crippen LogP contribution in [-0.2, 0) is 28.8 Å². The number of carbonyl (C=O) groups is 6. The van der Waals surface area contributed by atoms with Crippen molar-refractivity contribution < 1.29 is 33.9 Å². The van der Waals surface area contributed by atoms with E-state index in [2.05, 4.69) is 21.3 Å². The number of nitrogens with zero attached hydrogens (tertiary/aromatic N) is 1. The Kier molecular flexibility index (Phi) is 8.69. The van der Waals surface area contributed by atoms with Gasteiger partial charge in [-0.25, -0.2) is 0 Å². The van der Waals surface area contributed by atoms with E-state index in [1.165, 1.54) is 11.8 Å². The monoisotopic (exact) mass is 385 g/mol. The lowest BCUT2D eigenvalue weighted by Gasteiger charge is -2.24. The van der Waals surface area contributed by atoms with E-state index >= 15 is 0 Å². The Morgan fingerprint density at radius 2 is 1.85 bits per heavy atom. The summed E-state index contributed by atoms with van der Waals surface area (Å²) < 4.78 is 0. The molecule has 5 amide bonds.